The van der Waals surface area contributed by atoms with Gasteiger partial charge in [0.1, 0.15) is 6.26 Å². The van der Waals surface area contributed by atoms with Crippen molar-refractivity contribution in [3.8, 4) is 0 Å². The van der Waals surface area contributed by atoms with E-state index in [2.05, 4.69) is 5.32 Å². The molecule has 2 amide bonds. The van der Waals surface area contributed by atoms with Crippen LogP contribution < -0.4 is 11.1 Å². The Morgan fingerprint density at radius 3 is 2.65 bits per heavy atom. The highest BCUT2D eigenvalue weighted by atomic mass is 16.4. The second-order valence-corrected chi connectivity index (χ2v) is 3.55. The van der Waals surface area contributed by atoms with Crippen LogP contribution in [0.1, 0.15) is 34.3 Å². The predicted molar refractivity (Wildman–Crippen MR) is 56.4 cm³/mol. The first kappa shape index (κ1) is 12.8. The molecule has 0 saturated heterocycles. The largest absolute Gasteiger partial charge is 0.478 e. The van der Waals surface area contributed by atoms with Crippen molar-refractivity contribution >= 4 is 17.8 Å². The van der Waals surface area contributed by atoms with Gasteiger partial charge in [-0.1, -0.05) is 0 Å². The minimum atomic E-state index is -1.18. The second kappa shape index (κ2) is 5.15. The highest BCUT2D eigenvalue weighted by Gasteiger charge is 2.17. The Bertz CT molecular complexity index is 451. The molecule has 1 atom stereocenters. The van der Waals surface area contributed by atoms with Crippen molar-refractivity contribution in [2.45, 2.75) is 19.4 Å². The van der Waals surface area contributed by atoms with Crippen LogP contribution in [0.3, 0.4) is 0 Å². The fourth-order valence-electron chi connectivity index (χ4n) is 1.22. The van der Waals surface area contributed by atoms with Crippen LogP contribution in [0, 0.1) is 0 Å². The van der Waals surface area contributed by atoms with Crippen LogP contribution in [0.4, 0.5) is 0 Å². The highest BCUT2D eigenvalue weighted by Crippen LogP contribution is 2.08. The van der Waals surface area contributed by atoms with Gasteiger partial charge in [-0.25, -0.2) is 4.79 Å². The number of furan rings is 1. The molecule has 1 aromatic rings. The normalized spacial score (nSPS) is 11.8. The van der Waals surface area contributed by atoms with E-state index in [4.69, 9.17) is 15.3 Å². The minimum Gasteiger partial charge on any atom is -0.478 e. The molecule has 0 saturated carbocycles. The van der Waals surface area contributed by atoms with E-state index in [1.54, 1.807) is 6.92 Å². The van der Waals surface area contributed by atoms with E-state index in [-0.39, 0.29) is 17.7 Å². The van der Waals surface area contributed by atoms with Gasteiger partial charge in [-0.05, 0) is 6.92 Å². The van der Waals surface area contributed by atoms with Crippen LogP contribution in [0.15, 0.2) is 16.7 Å². The van der Waals surface area contributed by atoms with Gasteiger partial charge >= 0.3 is 5.97 Å². The quantitative estimate of drug-likeness (QED) is 0.667. The molecule has 0 aliphatic rings. The second-order valence-electron chi connectivity index (χ2n) is 3.55. The number of carboxylic acids is 1. The Balaban J connectivity index is 2.63. The van der Waals surface area contributed by atoms with Crippen molar-refractivity contribution in [3.63, 3.8) is 0 Å². The molecular formula is C10H12N2O5. The number of hydrogen-bond donors (Lipinski definition) is 3. The summed E-state index contributed by atoms with van der Waals surface area (Å²) in [6, 6.07) is 0.660. The van der Waals surface area contributed by atoms with Crippen molar-refractivity contribution in [3.05, 3.63) is 23.7 Å². The third-order valence-electron chi connectivity index (χ3n) is 1.96. The summed E-state index contributed by atoms with van der Waals surface area (Å²) < 4.78 is 4.78. The number of nitrogens with one attached hydrogen (secondary N) is 1. The SMILES string of the molecule is CC(CC(N)=O)NC(=O)c1cc(C(=O)O)co1. The molecule has 0 spiro atoms. The molecule has 0 radical (unpaired) electrons. The van der Waals surface area contributed by atoms with Gasteiger partial charge in [0.05, 0.1) is 5.56 Å². The number of carbonyl (C=O) groups excluding carboxylic acids is 2. The monoisotopic (exact) mass is 240 g/mol. The summed E-state index contributed by atoms with van der Waals surface area (Å²) in [5.41, 5.74) is 4.85. The summed E-state index contributed by atoms with van der Waals surface area (Å²) >= 11 is 0. The zero-order valence-corrected chi connectivity index (χ0v) is 9.10. The van der Waals surface area contributed by atoms with E-state index >= 15 is 0 Å². The summed E-state index contributed by atoms with van der Waals surface area (Å²) in [5, 5.41) is 11.1. The number of hydrogen-bond acceptors (Lipinski definition) is 4. The maximum atomic E-state index is 11.5. The van der Waals surface area contributed by atoms with E-state index in [9.17, 15) is 14.4 Å². The van der Waals surface area contributed by atoms with Gasteiger partial charge in [0, 0.05) is 18.5 Å². The third kappa shape index (κ3) is 3.63. The lowest BCUT2D eigenvalue weighted by molar-refractivity contribution is -0.118. The maximum Gasteiger partial charge on any atom is 0.338 e. The molecule has 17 heavy (non-hydrogen) atoms. The van der Waals surface area contributed by atoms with Crippen LogP contribution in [0.25, 0.3) is 0 Å². The average molecular weight is 240 g/mol. The molecule has 0 fully saturated rings. The van der Waals surface area contributed by atoms with Gasteiger partial charge in [0.25, 0.3) is 5.91 Å². The summed E-state index contributed by atoms with van der Waals surface area (Å²) in [6.07, 6.45) is 0.967. The number of primary amides is 1. The Morgan fingerprint density at radius 1 is 1.53 bits per heavy atom. The van der Waals surface area contributed by atoms with Crippen molar-refractivity contribution in [1.29, 1.82) is 0 Å². The Hall–Kier alpha value is -2.31. The molecule has 7 nitrogen and oxygen atoms in total. The van der Waals surface area contributed by atoms with Gasteiger partial charge < -0.3 is 20.6 Å². The molecule has 0 aliphatic heterocycles. The molecule has 4 N–H and O–H groups in total. The standard InChI is InChI=1S/C10H12N2O5/c1-5(2-8(11)13)12-9(14)7-3-6(4-17-7)10(15)16/h3-5H,2H2,1H3,(H2,11,13)(H,12,14)(H,15,16). The lowest BCUT2D eigenvalue weighted by Crippen LogP contribution is -2.35. The van der Waals surface area contributed by atoms with Crippen molar-refractivity contribution in [1.82, 2.24) is 5.32 Å². The molecular weight excluding hydrogens is 228 g/mol. The lowest BCUT2D eigenvalue weighted by Gasteiger charge is -2.09. The van der Waals surface area contributed by atoms with E-state index < -0.39 is 23.8 Å². The predicted octanol–water partition coefficient (Wildman–Crippen LogP) is -0.0285. The third-order valence-corrected chi connectivity index (χ3v) is 1.96. The molecule has 1 aromatic heterocycles. The van der Waals surface area contributed by atoms with Gasteiger partial charge in [0.15, 0.2) is 5.76 Å². The summed E-state index contributed by atoms with van der Waals surface area (Å²) in [6.45, 7) is 1.60. The highest BCUT2D eigenvalue weighted by molar-refractivity contribution is 5.95. The molecule has 0 bridgehead atoms. The number of carbonyl (C=O) groups is 3. The van der Waals surface area contributed by atoms with Crippen molar-refractivity contribution in [2.24, 2.45) is 5.73 Å². The zero-order valence-electron chi connectivity index (χ0n) is 9.10. The van der Waals surface area contributed by atoms with Crippen LogP contribution in [-0.2, 0) is 4.79 Å². The number of amides is 2. The first-order chi connectivity index (χ1) is 7.90. The number of rotatable bonds is 5. The summed E-state index contributed by atoms with van der Waals surface area (Å²) in [5.74, 6) is -2.44. The van der Waals surface area contributed by atoms with Gasteiger partial charge in [-0.3, -0.25) is 9.59 Å². The Labute approximate surface area is 96.6 Å². The van der Waals surface area contributed by atoms with E-state index in [1.807, 2.05) is 0 Å². The molecule has 1 rings (SSSR count). The van der Waals surface area contributed by atoms with E-state index in [0.717, 1.165) is 12.3 Å². The molecule has 0 aromatic carbocycles. The first-order valence-electron chi connectivity index (χ1n) is 4.81. The number of aromatic carboxylic acids is 1. The van der Waals surface area contributed by atoms with Crippen LogP contribution >= 0.6 is 0 Å². The molecule has 1 unspecified atom stereocenters. The van der Waals surface area contributed by atoms with Gasteiger partial charge in [0.2, 0.25) is 5.91 Å². The van der Waals surface area contributed by atoms with E-state index in [1.165, 1.54) is 0 Å². The Kier molecular flexibility index (Phi) is 3.86. The van der Waals surface area contributed by atoms with Crippen LogP contribution in [0.2, 0.25) is 0 Å². The fraction of sp³-hybridized carbons (Fsp3) is 0.300. The van der Waals surface area contributed by atoms with Gasteiger partial charge in [-0.2, -0.15) is 0 Å². The topological polar surface area (TPSA) is 123 Å². The Morgan fingerprint density at radius 2 is 2.18 bits per heavy atom. The zero-order chi connectivity index (χ0) is 13.0. The summed E-state index contributed by atoms with van der Waals surface area (Å²) in [4.78, 5) is 32.7. The average Bonchev–Trinajstić information content (AvgIpc) is 2.64. The van der Waals surface area contributed by atoms with Crippen molar-refractivity contribution < 1.29 is 23.9 Å². The lowest BCUT2D eigenvalue weighted by atomic mass is 10.2. The van der Waals surface area contributed by atoms with E-state index in [0.29, 0.717) is 0 Å². The minimum absolute atomic E-state index is 0.00175. The maximum absolute atomic E-state index is 11.5. The fourth-order valence-corrected chi connectivity index (χ4v) is 1.22. The molecule has 7 heteroatoms. The summed E-state index contributed by atoms with van der Waals surface area (Å²) in [7, 11) is 0. The molecule has 92 valence electrons. The molecule has 1 heterocycles. The number of carboxylic acid groups (broad SMARTS) is 1. The van der Waals surface area contributed by atoms with Crippen LogP contribution in [0.5, 0.6) is 0 Å². The van der Waals surface area contributed by atoms with Crippen molar-refractivity contribution in [2.75, 3.05) is 0 Å². The van der Waals surface area contributed by atoms with Gasteiger partial charge in [-0.15, -0.1) is 0 Å². The first-order valence-corrected chi connectivity index (χ1v) is 4.81. The smallest absolute Gasteiger partial charge is 0.338 e. The van der Waals surface area contributed by atoms with Crippen LogP contribution in [-0.4, -0.2) is 28.9 Å². The number of nitrogens with two attached hydrogens (primary N) is 1. The molecule has 0 aliphatic carbocycles.